The highest BCUT2D eigenvalue weighted by atomic mass is 28.4. The second-order valence-electron chi connectivity index (χ2n) is 12.0. The van der Waals surface area contributed by atoms with Crippen LogP contribution in [0.25, 0.3) is 0 Å². The zero-order valence-electron chi connectivity index (χ0n) is 25.2. The predicted molar refractivity (Wildman–Crippen MR) is 166 cm³/mol. The van der Waals surface area contributed by atoms with Crippen molar-refractivity contribution in [3.63, 3.8) is 0 Å². The molecule has 0 saturated carbocycles. The lowest BCUT2D eigenvalue weighted by Gasteiger charge is -2.43. The third-order valence-electron chi connectivity index (χ3n) is 6.80. The van der Waals surface area contributed by atoms with Gasteiger partial charge in [0.05, 0.1) is 0 Å². The van der Waals surface area contributed by atoms with Gasteiger partial charge < -0.3 is 14.3 Å². The molecule has 0 fully saturated rings. The molecule has 0 heterocycles. The third kappa shape index (κ3) is 8.42. The lowest BCUT2D eigenvalue weighted by Crippen LogP contribution is -2.66. The maximum absolute atomic E-state index is 13.0. The van der Waals surface area contributed by atoms with E-state index in [1.165, 1.54) is 21.3 Å². The Labute approximate surface area is 241 Å². The Kier molecular flexibility index (Phi) is 11.9. The molecule has 0 saturated heterocycles. The Morgan fingerprint density at radius 1 is 0.975 bits per heavy atom. The van der Waals surface area contributed by atoms with E-state index in [4.69, 9.17) is 9.16 Å². The fourth-order valence-electron chi connectivity index (χ4n) is 5.22. The van der Waals surface area contributed by atoms with Gasteiger partial charge in [-0.3, -0.25) is 4.90 Å². The van der Waals surface area contributed by atoms with E-state index < -0.39 is 37.9 Å². The van der Waals surface area contributed by atoms with Crippen molar-refractivity contribution in [3.8, 4) is 0 Å². The maximum Gasteiger partial charge on any atom is 0.411 e. The molecule has 0 unspecified atom stereocenters. The highest BCUT2D eigenvalue weighted by molar-refractivity contribution is 6.99. The van der Waals surface area contributed by atoms with Gasteiger partial charge in [0, 0.05) is 19.1 Å². The standard InChI is InChI=1S/C33H47NO5Si/c1-9-18-26(29(30(35)36)34(24-10-2)31(37)39-32(3,4)5)19-17-25-38-40(33(6,7)8,27-20-13-11-14-21-27)28-22-15-12-16-23-28/h9-16,18,20-23,26,29H,2,17,19,24-25H2,1,3-8H3,(H,35,36)/b18-9+/t26-,29-/m1/s1. The summed E-state index contributed by atoms with van der Waals surface area (Å²) in [5.41, 5.74) is -0.751. The van der Waals surface area contributed by atoms with Crippen LogP contribution >= 0.6 is 0 Å². The van der Waals surface area contributed by atoms with Crippen LogP contribution in [0.15, 0.2) is 85.5 Å². The Morgan fingerprint density at radius 3 is 1.90 bits per heavy atom. The van der Waals surface area contributed by atoms with Crippen molar-refractivity contribution in [1.82, 2.24) is 4.90 Å². The fraction of sp³-hybridized carbons (Fsp3) is 0.455. The largest absolute Gasteiger partial charge is 0.480 e. The molecule has 40 heavy (non-hydrogen) atoms. The van der Waals surface area contributed by atoms with Crippen molar-refractivity contribution in [1.29, 1.82) is 0 Å². The number of hydrogen-bond acceptors (Lipinski definition) is 4. The Hall–Kier alpha value is -3.16. The summed E-state index contributed by atoms with van der Waals surface area (Å²) in [6.07, 6.45) is 5.71. The van der Waals surface area contributed by atoms with Crippen LogP contribution in [0.1, 0.15) is 61.3 Å². The van der Waals surface area contributed by atoms with E-state index in [1.807, 2.05) is 31.2 Å². The number of allylic oxidation sites excluding steroid dienone is 1. The summed E-state index contributed by atoms with van der Waals surface area (Å²) >= 11 is 0. The Balaban J connectivity index is 2.36. The molecule has 0 aromatic heterocycles. The van der Waals surface area contributed by atoms with Gasteiger partial charge in [0.25, 0.3) is 8.32 Å². The minimum absolute atomic E-state index is 0.0680. The molecule has 218 valence electrons. The molecule has 1 N–H and O–H groups in total. The van der Waals surface area contributed by atoms with E-state index in [2.05, 4.69) is 75.9 Å². The van der Waals surface area contributed by atoms with Crippen LogP contribution < -0.4 is 10.4 Å². The monoisotopic (exact) mass is 565 g/mol. The van der Waals surface area contributed by atoms with Crippen LogP contribution in [0.3, 0.4) is 0 Å². The van der Waals surface area contributed by atoms with E-state index in [9.17, 15) is 14.7 Å². The minimum atomic E-state index is -2.70. The number of carbonyl (C=O) groups excluding carboxylic acids is 1. The summed E-state index contributed by atoms with van der Waals surface area (Å²) in [7, 11) is -2.70. The van der Waals surface area contributed by atoms with Crippen molar-refractivity contribution in [2.24, 2.45) is 5.92 Å². The predicted octanol–water partition coefficient (Wildman–Crippen LogP) is 6.41. The van der Waals surface area contributed by atoms with Crippen LogP contribution in [0.4, 0.5) is 4.79 Å². The van der Waals surface area contributed by atoms with Crippen LogP contribution in [-0.2, 0) is 14.0 Å². The topological polar surface area (TPSA) is 76.1 Å². The van der Waals surface area contributed by atoms with Gasteiger partial charge in [-0.1, -0.05) is 99.7 Å². The van der Waals surface area contributed by atoms with E-state index in [0.717, 1.165) is 0 Å². The fourth-order valence-corrected chi connectivity index (χ4v) is 9.83. The molecule has 0 bridgehead atoms. The van der Waals surface area contributed by atoms with Crippen molar-refractivity contribution in [3.05, 3.63) is 85.5 Å². The second-order valence-corrected chi connectivity index (χ2v) is 16.4. The molecule has 0 aliphatic heterocycles. The second kappa shape index (κ2) is 14.5. The van der Waals surface area contributed by atoms with Crippen LogP contribution in [-0.4, -0.2) is 55.2 Å². The van der Waals surface area contributed by atoms with E-state index >= 15 is 0 Å². The quantitative estimate of drug-likeness (QED) is 0.173. The Bertz CT molecular complexity index is 1080. The molecule has 0 spiro atoms. The third-order valence-corrected chi connectivity index (χ3v) is 11.8. The van der Waals surface area contributed by atoms with Crippen LogP contribution in [0.2, 0.25) is 5.04 Å². The van der Waals surface area contributed by atoms with Gasteiger partial charge in [-0.2, -0.15) is 0 Å². The zero-order valence-corrected chi connectivity index (χ0v) is 26.2. The highest BCUT2D eigenvalue weighted by Crippen LogP contribution is 2.37. The lowest BCUT2D eigenvalue weighted by molar-refractivity contribution is -0.144. The molecule has 2 rings (SSSR count). The van der Waals surface area contributed by atoms with Gasteiger partial charge in [0.1, 0.15) is 11.6 Å². The molecule has 7 heteroatoms. The number of hydrogen-bond donors (Lipinski definition) is 1. The van der Waals surface area contributed by atoms with Gasteiger partial charge in [0.2, 0.25) is 0 Å². The lowest BCUT2D eigenvalue weighted by atomic mass is 9.92. The molecular weight excluding hydrogens is 518 g/mol. The smallest absolute Gasteiger partial charge is 0.411 e. The number of ether oxygens (including phenoxy) is 1. The number of benzene rings is 2. The summed E-state index contributed by atoms with van der Waals surface area (Å²) < 4.78 is 12.6. The van der Waals surface area contributed by atoms with Crippen LogP contribution in [0, 0.1) is 5.92 Å². The molecule has 2 atom stereocenters. The van der Waals surface area contributed by atoms with Gasteiger partial charge >= 0.3 is 12.1 Å². The average Bonchev–Trinajstić information content (AvgIpc) is 2.87. The first-order valence-corrected chi connectivity index (χ1v) is 15.9. The normalized spacial score (nSPS) is 14.0. The Morgan fingerprint density at radius 2 is 1.50 bits per heavy atom. The highest BCUT2D eigenvalue weighted by Gasteiger charge is 2.50. The van der Waals surface area contributed by atoms with Crippen molar-refractivity contribution in [2.45, 2.75) is 78.0 Å². The van der Waals surface area contributed by atoms with Gasteiger partial charge in [-0.05, 0) is 55.9 Å². The number of amides is 1. The summed E-state index contributed by atoms with van der Waals surface area (Å²) in [6, 6.07) is 19.8. The summed E-state index contributed by atoms with van der Waals surface area (Å²) in [5, 5.41) is 12.5. The maximum atomic E-state index is 13.0. The number of carboxylic acid groups (broad SMARTS) is 1. The number of carbonyl (C=O) groups is 2. The van der Waals surface area contributed by atoms with E-state index in [0.29, 0.717) is 19.4 Å². The molecule has 2 aromatic carbocycles. The van der Waals surface area contributed by atoms with E-state index in [-0.39, 0.29) is 11.6 Å². The molecule has 1 amide bonds. The SMILES string of the molecule is C=CCN(C(=O)OC(C)(C)C)[C@@H](C(=O)O)[C@H](/C=C/C)CCCO[Si](c1ccccc1)(c1ccccc1)C(C)(C)C. The molecule has 0 aliphatic rings. The first-order valence-electron chi connectivity index (χ1n) is 14.0. The summed E-state index contributed by atoms with van der Waals surface area (Å²) in [4.78, 5) is 26.9. The minimum Gasteiger partial charge on any atom is -0.480 e. The molecule has 0 radical (unpaired) electrons. The first kappa shape index (κ1) is 33.0. The van der Waals surface area contributed by atoms with Crippen molar-refractivity contribution in [2.75, 3.05) is 13.2 Å². The summed E-state index contributed by atoms with van der Waals surface area (Å²) in [5.74, 6) is -1.51. The zero-order chi connectivity index (χ0) is 30.0. The molecule has 2 aromatic rings. The van der Waals surface area contributed by atoms with E-state index in [1.54, 1.807) is 20.8 Å². The van der Waals surface area contributed by atoms with Crippen molar-refractivity contribution < 1.29 is 23.9 Å². The number of carboxylic acids is 1. The number of nitrogens with zero attached hydrogens (tertiary/aromatic N) is 1. The van der Waals surface area contributed by atoms with Crippen molar-refractivity contribution >= 4 is 30.8 Å². The number of aliphatic carboxylic acids is 1. The molecular formula is C33H47NO5Si. The summed E-state index contributed by atoms with van der Waals surface area (Å²) in [6.45, 7) is 18.1. The average molecular weight is 566 g/mol. The van der Waals surface area contributed by atoms with Crippen LogP contribution in [0.5, 0.6) is 0 Å². The number of rotatable bonds is 13. The van der Waals surface area contributed by atoms with Gasteiger partial charge in [-0.15, -0.1) is 6.58 Å². The van der Waals surface area contributed by atoms with Gasteiger partial charge in [0.15, 0.2) is 0 Å². The van der Waals surface area contributed by atoms with Gasteiger partial charge in [-0.25, -0.2) is 9.59 Å². The molecule has 6 nitrogen and oxygen atoms in total. The first-order chi connectivity index (χ1) is 18.8. The molecule has 0 aliphatic carbocycles.